The molecule has 2 aromatic heterocycles. The fourth-order valence-corrected chi connectivity index (χ4v) is 3.69. The van der Waals surface area contributed by atoms with E-state index in [4.69, 9.17) is 4.42 Å². The fraction of sp³-hybridized carbons (Fsp3) is 0.467. The highest BCUT2D eigenvalue weighted by Crippen LogP contribution is 2.32. The molecule has 2 unspecified atom stereocenters. The van der Waals surface area contributed by atoms with Gasteiger partial charge in [-0.05, 0) is 34.5 Å². The summed E-state index contributed by atoms with van der Waals surface area (Å²) in [5.41, 5.74) is 2.18. The van der Waals surface area contributed by atoms with Gasteiger partial charge in [0.25, 0.3) is 0 Å². The first-order chi connectivity index (χ1) is 10.3. The Morgan fingerprint density at radius 1 is 1.10 bits per heavy atom. The highest BCUT2D eigenvalue weighted by molar-refractivity contribution is 9.10. The molecule has 0 spiro atoms. The number of nitrogens with zero attached hydrogens (tertiary/aromatic N) is 4. The summed E-state index contributed by atoms with van der Waals surface area (Å²) in [6, 6.07) is 5.45. The average molecular weight is 349 g/mol. The number of pyridine rings is 1. The second-order valence-electron chi connectivity index (χ2n) is 5.85. The number of likely N-dealkylation sites (tertiary alicyclic amines) is 2. The van der Waals surface area contributed by atoms with Crippen LogP contribution in [0.15, 0.2) is 39.9 Å². The van der Waals surface area contributed by atoms with E-state index in [1.165, 1.54) is 12.8 Å². The van der Waals surface area contributed by atoms with Crippen LogP contribution in [-0.2, 0) is 13.1 Å². The Morgan fingerprint density at radius 2 is 1.86 bits per heavy atom. The van der Waals surface area contributed by atoms with Gasteiger partial charge in [0.1, 0.15) is 6.26 Å². The van der Waals surface area contributed by atoms with Gasteiger partial charge in [0.2, 0.25) is 0 Å². The highest BCUT2D eigenvalue weighted by atomic mass is 79.9. The van der Waals surface area contributed by atoms with Crippen LogP contribution < -0.4 is 0 Å². The monoisotopic (exact) mass is 348 g/mol. The molecule has 0 aromatic carbocycles. The van der Waals surface area contributed by atoms with Gasteiger partial charge in [-0.15, -0.1) is 0 Å². The lowest BCUT2D eigenvalue weighted by molar-refractivity contribution is 0.116. The molecule has 5 nitrogen and oxygen atoms in total. The number of fused-ring (bicyclic) bond motifs is 2. The summed E-state index contributed by atoms with van der Waals surface area (Å²) in [5.74, 6) is 0. The van der Waals surface area contributed by atoms with Gasteiger partial charge in [0.05, 0.1) is 11.4 Å². The molecule has 6 heteroatoms. The molecule has 2 fully saturated rings. The third kappa shape index (κ3) is 2.75. The summed E-state index contributed by atoms with van der Waals surface area (Å²) < 4.78 is 6.09. The Balaban J connectivity index is 1.37. The Morgan fingerprint density at radius 3 is 2.43 bits per heavy atom. The minimum absolute atomic E-state index is 0.641. The maximum absolute atomic E-state index is 5.05. The van der Waals surface area contributed by atoms with Gasteiger partial charge in [-0.3, -0.25) is 14.8 Å². The molecule has 0 radical (unpaired) electrons. The molecule has 2 aliphatic heterocycles. The lowest BCUT2D eigenvalue weighted by atomic mass is 10.2. The summed E-state index contributed by atoms with van der Waals surface area (Å²) in [6.07, 6.45) is 6.39. The quantitative estimate of drug-likeness (QED) is 0.848. The molecule has 2 saturated heterocycles. The first kappa shape index (κ1) is 13.4. The summed E-state index contributed by atoms with van der Waals surface area (Å²) in [5, 5.41) is 0. The second kappa shape index (κ2) is 5.51. The number of hydrogen-bond acceptors (Lipinski definition) is 5. The number of aromatic nitrogens is 2. The Kier molecular flexibility index (Phi) is 3.52. The molecule has 2 aliphatic rings. The topological polar surface area (TPSA) is 45.4 Å². The molecule has 4 rings (SSSR count). The van der Waals surface area contributed by atoms with Gasteiger partial charge >= 0.3 is 0 Å². The third-order valence-electron chi connectivity index (χ3n) is 4.47. The maximum Gasteiger partial charge on any atom is 0.180 e. The molecule has 0 aliphatic carbocycles. The van der Waals surface area contributed by atoms with Crippen molar-refractivity contribution in [3.05, 3.63) is 46.8 Å². The normalized spacial score (nSPS) is 25.8. The minimum Gasteiger partial charge on any atom is -0.451 e. The van der Waals surface area contributed by atoms with E-state index >= 15 is 0 Å². The van der Waals surface area contributed by atoms with Crippen LogP contribution >= 0.6 is 15.9 Å². The Labute approximate surface area is 132 Å². The van der Waals surface area contributed by atoms with E-state index in [2.05, 4.69) is 47.8 Å². The fourth-order valence-electron chi connectivity index (χ4n) is 3.45. The molecule has 2 atom stereocenters. The van der Waals surface area contributed by atoms with E-state index in [-0.39, 0.29) is 0 Å². The number of rotatable bonds is 4. The van der Waals surface area contributed by atoms with E-state index in [0.29, 0.717) is 12.1 Å². The smallest absolute Gasteiger partial charge is 0.180 e. The van der Waals surface area contributed by atoms with Crippen molar-refractivity contribution in [1.82, 2.24) is 19.8 Å². The van der Waals surface area contributed by atoms with E-state index in [1.54, 1.807) is 6.26 Å². The summed E-state index contributed by atoms with van der Waals surface area (Å²) in [4.78, 5) is 13.8. The molecule has 0 amide bonds. The van der Waals surface area contributed by atoms with Crippen molar-refractivity contribution in [2.45, 2.75) is 31.6 Å². The zero-order valence-corrected chi connectivity index (χ0v) is 13.2. The van der Waals surface area contributed by atoms with Gasteiger partial charge in [-0.1, -0.05) is 0 Å². The van der Waals surface area contributed by atoms with Crippen LogP contribution in [0, 0.1) is 0 Å². The molecular weight excluding hydrogens is 332 g/mol. The first-order valence-electron chi connectivity index (χ1n) is 7.23. The largest absolute Gasteiger partial charge is 0.451 e. The van der Waals surface area contributed by atoms with Gasteiger partial charge < -0.3 is 4.42 Å². The Hall–Kier alpha value is -1.24. The standard InChI is InChI=1S/C15H17BrN4O/c16-11-1-2-12(17-4-11)5-19-7-15-3-14(19)8-20(15)6-13-9-21-10-18-13/h1-2,4,9-10,14-15H,3,5-8H2. The van der Waals surface area contributed by atoms with Gasteiger partial charge in [0.15, 0.2) is 6.39 Å². The summed E-state index contributed by atoms with van der Waals surface area (Å²) in [7, 11) is 0. The molecule has 21 heavy (non-hydrogen) atoms. The first-order valence-corrected chi connectivity index (χ1v) is 8.03. The number of halogens is 1. The highest BCUT2D eigenvalue weighted by Gasteiger charge is 2.43. The van der Waals surface area contributed by atoms with E-state index in [9.17, 15) is 0 Å². The third-order valence-corrected chi connectivity index (χ3v) is 4.94. The lowest BCUT2D eigenvalue weighted by Crippen LogP contribution is -2.45. The molecule has 110 valence electrons. The van der Waals surface area contributed by atoms with Crippen molar-refractivity contribution in [2.24, 2.45) is 0 Å². The molecule has 0 saturated carbocycles. The van der Waals surface area contributed by atoms with E-state index in [0.717, 1.165) is 42.0 Å². The van der Waals surface area contributed by atoms with Crippen molar-refractivity contribution in [2.75, 3.05) is 13.1 Å². The van der Waals surface area contributed by atoms with Crippen LogP contribution in [-0.4, -0.2) is 44.9 Å². The van der Waals surface area contributed by atoms with E-state index < -0.39 is 0 Å². The van der Waals surface area contributed by atoms with Crippen molar-refractivity contribution in [3.8, 4) is 0 Å². The number of piperazine rings is 1. The summed E-state index contributed by atoms with van der Waals surface area (Å²) in [6.45, 7) is 4.10. The van der Waals surface area contributed by atoms with Crippen LogP contribution in [0.25, 0.3) is 0 Å². The summed E-state index contributed by atoms with van der Waals surface area (Å²) >= 11 is 3.43. The SMILES string of the molecule is Brc1ccc(CN2CC3CC2CN3Cc2cocn2)nc1. The van der Waals surface area contributed by atoms with Crippen molar-refractivity contribution >= 4 is 15.9 Å². The molecule has 0 N–H and O–H groups in total. The second-order valence-corrected chi connectivity index (χ2v) is 6.77. The van der Waals surface area contributed by atoms with E-state index in [1.807, 2.05) is 6.20 Å². The zero-order chi connectivity index (χ0) is 14.2. The minimum atomic E-state index is 0.641. The van der Waals surface area contributed by atoms with Gasteiger partial charge in [-0.25, -0.2) is 4.98 Å². The number of oxazole rings is 1. The van der Waals surface area contributed by atoms with Crippen molar-refractivity contribution in [3.63, 3.8) is 0 Å². The van der Waals surface area contributed by atoms with Crippen LogP contribution in [0.2, 0.25) is 0 Å². The molecule has 2 aromatic rings. The number of hydrogen-bond donors (Lipinski definition) is 0. The maximum atomic E-state index is 5.05. The average Bonchev–Trinajstić information content (AvgIpc) is 3.19. The predicted octanol–water partition coefficient (Wildman–Crippen LogP) is 2.29. The molecule has 2 bridgehead atoms. The molecule has 4 heterocycles. The predicted molar refractivity (Wildman–Crippen MR) is 81.5 cm³/mol. The van der Waals surface area contributed by atoms with Gasteiger partial charge in [-0.2, -0.15) is 0 Å². The van der Waals surface area contributed by atoms with Crippen molar-refractivity contribution in [1.29, 1.82) is 0 Å². The molecular formula is C15H17BrN4O. The van der Waals surface area contributed by atoms with Crippen LogP contribution in [0.3, 0.4) is 0 Å². The lowest BCUT2D eigenvalue weighted by Gasteiger charge is -2.33. The van der Waals surface area contributed by atoms with Crippen LogP contribution in [0.1, 0.15) is 17.8 Å². The van der Waals surface area contributed by atoms with Gasteiger partial charge in [0, 0.05) is 48.9 Å². The van der Waals surface area contributed by atoms with Crippen LogP contribution in [0.4, 0.5) is 0 Å². The van der Waals surface area contributed by atoms with Crippen LogP contribution in [0.5, 0.6) is 0 Å². The Bertz CT molecular complexity index is 601. The zero-order valence-electron chi connectivity index (χ0n) is 11.7. The van der Waals surface area contributed by atoms with Crippen molar-refractivity contribution < 1.29 is 4.42 Å².